The van der Waals surface area contributed by atoms with Gasteiger partial charge in [-0.2, -0.15) is 0 Å². The number of esters is 1. The van der Waals surface area contributed by atoms with E-state index in [1.54, 1.807) is 20.8 Å². The van der Waals surface area contributed by atoms with Crippen molar-refractivity contribution in [1.82, 2.24) is 5.32 Å². The summed E-state index contributed by atoms with van der Waals surface area (Å²) in [6, 6.07) is 8.95. The van der Waals surface area contributed by atoms with E-state index in [9.17, 15) is 14.7 Å². The van der Waals surface area contributed by atoms with E-state index < -0.39 is 41.8 Å². The molecule has 1 aliphatic rings. The fourth-order valence-electron chi connectivity index (χ4n) is 3.19. The van der Waals surface area contributed by atoms with Crippen LogP contribution in [0.15, 0.2) is 30.3 Å². The molecular weight excluding hydrogens is 334 g/mol. The molecule has 0 bridgehead atoms. The van der Waals surface area contributed by atoms with Gasteiger partial charge in [0.1, 0.15) is 17.8 Å². The molecule has 26 heavy (non-hydrogen) atoms. The Morgan fingerprint density at radius 1 is 1.27 bits per heavy atom. The largest absolute Gasteiger partial charge is 0.457 e. The summed E-state index contributed by atoms with van der Waals surface area (Å²) in [6.07, 6.45) is -1.98. The summed E-state index contributed by atoms with van der Waals surface area (Å²) >= 11 is 0. The lowest BCUT2D eigenvalue weighted by Gasteiger charge is -2.28. The van der Waals surface area contributed by atoms with Crippen molar-refractivity contribution in [3.63, 3.8) is 0 Å². The van der Waals surface area contributed by atoms with Gasteiger partial charge in [-0.3, -0.25) is 4.79 Å². The standard InChI is InChI=1S/C20H29NO5/c1-12(2)15-16(22)17(25-18(15)23)14(11-13-9-7-6-8-10-13)21-19(24)26-20(3,4)5/h6-10,12,14-17,22H,11H2,1-5H3,(H,21,24)/t14-,15-,16-,17-/m0/s1. The Hall–Kier alpha value is -2.08. The first-order chi connectivity index (χ1) is 12.1. The first-order valence-corrected chi connectivity index (χ1v) is 9.00. The maximum atomic E-state index is 12.3. The van der Waals surface area contributed by atoms with Gasteiger partial charge in [-0.25, -0.2) is 4.79 Å². The molecule has 0 aliphatic carbocycles. The molecule has 6 nitrogen and oxygen atoms in total. The summed E-state index contributed by atoms with van der Waals surface area (Å²) in [4.78, 5) is 24.4. The Bertz CT molecular complexity index is 623. The normalized spacial score (nSPS) is 24.3. The van der Waals surface area contributed by atoms with Gasteiger partial charge in [0, 0.05) is 0 Å². The second-order valence-electron chi connectivity index (χ2n) is 8.10. The van der Waals surface area contributed by atoms with Crippen LogP contribution >= 0.6 is 0 Å². The number of benzene rings is 1. The van der Waals surface area contributed by atoms with Gasteiger partial charge < -0.3 is 19.9 Å². The monoisotopic (exact) mass is 363 g/mol. The Labute approximate surface area is 154 Å². The van der Waals surface area contributed by atoms with Crippen LogP contribution in [-0.2, 0) is 20.7 Å². The first-order valence-electron chi connectivity index (χ1n) is 9.00. The van der Waals surface area contributed by atoms with Crippen LogP contribution < -0.4 is 5.32 Å². The third kappa shape index (κ3) is 5.21. The highest BCUT2D eigenvalue weighted by Crippen LogP contribution is 2.31. The predicted molar refractivity (Wildman–Crippen MR) is 97.5 cm³/mol. The molecule has 1 aromatic carbocycles. The quantitative estimate of drug-likeness (QED) is 0.786. The Morgan fingerprint density at radius 2 is 1.88 bits per heavy atom. The van der Waals surface area contributed by atoms with Crippen molar-refractivity contribution < 1.29 is 24.2 Å². The number of carbonyl (C=O) groups is 2. The molecule has 1 fully saturated rings. The number of rotatable bonds is 5. The van der Waals surface area contributed by atoms with Crippen molar-refractivity contribution in [2.45, 2.75) is 64.9 Å². The third-order valence-corrected chi connectivity index (χ3v) is 4.34. The second-order valence-corrected chi connectivity index (χ2v) is 8.10. The second kappa shape index (κ2) is 8.08. The van der Waals surface area contributed by atoms with Crippen LogP contribution in [0.4, 0.5) is 4.79 Å². The number of cyclic esters (lactones) is 1. The summed E-state index contributed by atoms with van der Waals surface area (Å²) < 4.78 is 10.8. The number of amides is 1. The van der Waals surface area contributed by atoms with E-state index in [0.29, 0.717) is 6.42 Å². The summed E-state index contributed by atoms with van der Waals surface area (Å²) in [7, 11) is 0. The van der Waals surface area contributed by atoms with Crippen LogP contribution in [0.1, 0.15) is 40.2 Å². The van der Waals surface area contributed by atoms with E-state index in [4.69, 9.17) is 9.47 Å². The maximum absolute atomic E-state index is 12.3. The number of carbonyl (C=O) groups excluding carboxylic acids is 2. The smallest absolute Gasteiger partial charge is 0.408 e. The Balaban J connectivity index is 2.20. The molecule has 6 heteroatoms. The number of alkyl carbamates (subject to hydrolysis) is 1. The van der Waals surface area contributed by atoms with Crippen LogP contribution in [0.3, 0.4) is 0 Å². The van der Waals surface area contributed by atoms with Crippen molar-refractivity contribution in [3.05, 3.63) is 35.9 Å². The first kappa shape index (κ1) is 20.2. The van der Waals surface area contributed by atoms with Crippen molar-refractivity contribution in [1.29, 1.82) is 0 Å². The van der Waals surface area contributed by atoms with Gasteiger partial charge in [-0.15, -0.1) is 0 Å². The molecule has 144 valence electrons. The minimum atomic E-state index is -0.980. The number of ether oxygens (including phenoxy) is 2. The molecule has 0 aromatic heterocycles. The molecular formula is C20H29NO5. The van der Waals surface area contributed by atoms with Gasteiger partial charge >= 0.3 is 12.1 Å². The molecule has 0 saturated carbocycles. The van der Waals surface area contributed by atoms with E-state index in [1.807, 2.05) is 44.2 Å². The van der Waals surface area contributed by atoms with Gasteiger partial charge in [0.2, 0.25) is 0 Å². The van der Waals surface area contributed by atoms with Crippen molar-refractivity contribution >= 4 is 12.1 Å². The molecule has 1 aliphatic heterocycles. The van der Waals surface area contributed by atoms with Crippen molar-refractivity contribution in [2.24, 2.45) is 11.8 Å². The van der Waals surface area contributed by atoms with Crippen LogP contribution in [0.25, 0.3) is 0 Å². The zero-order valence-corrected chi connectivity index (χ0v) is 16.1. The van der Waals surface area contributed by atoms with Crippen molar-refractivity contribution in [3.8, 4) is 0 Å². The summed E-state index contributed by atoms with van der Waals surface area (Å²) in [5.74, 6) is -1.08. The number of hydrogen-bond donors (Lipinski definition) is 2. The SMILES string of the molecule is CC(C)[C@@H]1C(=O)O[C@@H]([C@H](Cc2ccccc2)NC(=O)OC(C)(C)C)[C@H]1O. The topological polar surface area (TPSA) is 84.9 Å². The maximum Gasteiger partial charge on any atom is 0.408 e. The van der Waals surface area contributed by atoms with Gasteiger partial charge in [0.15, 0.2) is 0 Å². The number of hydrogen-bond acceptors (Lipinski definition) is 5. The number of nitrogens with one attached hydrogen (secondary N) is 1. The zero-order chi connectivity index (χ0) is 19.5. The Morgan fingerprint density at radius 3 is 2.38 bits per heavy atom. The van der Waals surface area contributed by atoms with E-state index in [1.165, 1.54) is 0 Å². The lowest BCUT2D eigenvalue weighted by molar-refractivity contribution is -0.146. The van der Waals surface area contributed by atoms with E-state index in [-0.39, 0.29) is 5.92 Å². The van der Waals surface area contributed by atoms with Crippen LogP contribution in [0.2, 0.25) is 0 Å². The van der Waals surface area contributed by atoms with Crippen LogP contribution in [-0.4, -0.2) is 41.0 Å². The Kier molecular flexibility index (Phi) is 6.29. The predicted octanol–water partition coefficient (Wildman–Crippen LogP) is 2.68. The fourth-order valence-corrected chi connectivity index (χ4v) is 3.19. The highest BCUT2D eigenvalue weighted by Gasteiger charge is 2.49. The summed E-state index contributed by atoms with van der Waals surface area (Å²) in [6.45, 7) is 9.06. The minimum absolute atomic E-state index is 0.0543. The summed E-state index contributed by atoms with van der Waals surface area (Å²) in [5, 5.41) is 13.4. The minimum Gasteiger partial charge on any atom is -0.457 e. The molecule has 2 N–H and O–H groups in total. The van der Waals surface area contributed by atoms with Crippen molar-refractivity contribution in [2.75, 3.05) is 0 Å². The molecule has 4 atom stereocenters. The summed E-state index contributed by atoms with van der Waals surface area (Å²) in [5.41, 5.74) is 0.317. The highest BCUT2D eigenvalue weighted by molar-refractivity contribution is 5.76. The van der Waals surface area contributed by atoms with Gasteiger partial charge in [-0.1, -0.05) is 44.2 Å². The van der Waals surface area contributed by atoms with Gasteiger partial charge in [0.25, 0.3) is 0 Å². The van der Waals surface area contributed by atoms with E-state index in [0.717, 1.165) is 5.56 Å². The third-order valence-electron chi connectivity index (χ3n) is 4.34. The molecule has 1 aromatic rings. The van der Waals surface area contributed by atoms with Gasteiger partial charge in [0.05, 0.1) is 12.0 Å². The fraction of sp³-hybridized carbons (Fsp3) is 0.600. The molecule has 1 heterocycles. The number of aliphatic hydroxyl groups is 1. The molecule has 0 radical (unpaired) electrons. The number of aliphatic hydroxyl groups excluding tert-OH is 1. The van der Waals surface area contributed by atoms with Crippen LogP contribution in [0, 0.1) is 11.8 Å². The lowest BCUT2D eigenvalue weighted by atomic mass is 9.87. The lowest BCUT2D eigenvalue weighted by Crippen LogP contribution is -2.50. The van der Waals surface area contributed by atoms with E-state index in [2.05, 4.69) is 5.32 Å². The molecule has 1 amide bonds. The zero-order valence-electron chi connectivity index (χ0n) is 16.1. The van der Waals surface area contributed by atoms with E-state index >= 15 is 0 Å². The van der Waals surface area contributed by atoms with Gasteiger partial charge in [-0.05, 0) is 38.7 Å². The molecule has 2 rings (SSSR count). The highest BCUT2D eigenvalue weighted by atomic mass is 16.6. The average Bonchev–Trinajstić information content (AvgIpc) is 2.80. The molecule has 0 unspecified atom stereocenters. The molecule has 0 spiro atoms. The molecule has 1 saturated heterocycles. The van der Waals surface area contributed by atoms with Crippen LogP contribution in [0.5, 0.6) is 0 Å². The average molecular weight is 363 g/mol.